The molecule has 5 heteroatoms. The molecule has 20 heavy (non-hydrogen) atoms. The summed E-state index contributed by atoms with van der Waals surface area (Å²) in [5.41, 5.74) is 1.25. The first kappa shape index (κ1) is 19.7. The Balaban J connectivity index is 0.00000361. The lowest BCUT2D eigenvalue weighted by Crippen LogP contribution is -2.17. The molecule has 0 spiro atoms. The molecule has 0 aromatic heterocycles. The van der Waals surface area contributed by atoms with Crippen molar-refractivity contribution in [3.8, 4) is 5.75 Å². The standard InChI is InChI=1S/C15H24BrNO2.ClH/c1-4-18-15-7-6-13(10-14(15)16)11-17-8-5-9-19-12(2)3;/h6-7,10,12,17H,4-5,8-9,11H2,1-3H3;1H. The normalized spacial score (nSPS) is 10.4. The van der Waals surface area contributed by atoms with Crippen molar-refractivity contribution in [1.82, 2.24) is 5.32 Å². The number of hydrogen-bond acceptors (Lipinski definition) is 3. The van der Waals surface area contributed by atoms with E-state index in [1.165, 1.54) is 5.56 Å². The maximum Gasteiger partial charge on any atom is 0.133 e. The fourth-order valence-corrected chi connectivity index (χ4v) is 2.22. The Morgan fingerprint density at radius 3 is 2.65 bits per heavy atom. The topological polar surface area (TPSA) is 30.5 Å². The van der Waals surface area contributed by atoms with Crippen LogP contribution in [0.25, 0.3) is 0 Å². The van der Waals surface area contributed by atoms with Gasteiger partial charge in [-0.3, -0.25) is 0 Å². The summed E-state index contributed by atoms with van der Waals surface area (Å²) < 4.78 is 12.0. The summed E-state index contributed by atoms with van der Waals surface area (Å²) in [5.74, 6) is 0.900. The van der Waals surface area contributed by atoms with E-state index in [1.807, 2.05) is 13.0 Å². The molecule has 0 radical (unpaired) electrons. The molecule has 0 atom stereocenters. The summed E-state index contributed by atoms with van der Waals surface area (Å²) in [6.07, 6.45) is 1.36. The van der Waals surface area contributed by atoms with Crippen LogP contribution in [-0.2, 0) is 11.3 Å². The highest BCUT2D eigenvalue weighted by atomic mass is 79.9. The molecule has 1 N–H and O–H groups in total. The minimum Gasteiger partial charge on any atom is -0.493 e. The van der Waals surface area contributed by atoms with Crippen LogP contribution in [-0.4, -0.2) is 25.9 Å². The Hall–Kier alpha value is -0.290. The predicted molar refractivity (Wildman–Crippen MR) is 90.0 cm³/mol. The molecule has 3 nitrogen and oxygen atoms in total. The largest absolute Gasteiger partial charge is 0.493 e. The third-order valence-electron chi connectivity index (χ3n) is 2.57. The fraction of sp³-hybridized carbons (Fsp3) is 0.600. The minimum atomic E-state index is 0. The first-order chi connectivity index (χ1) is 9.13. The van der Waals surface area contributed by atoms with Crippen molar-refractivity contribution in [3.63, 3.8) is 0 Å². The van der Waals surface area contributed by atoms with Crippen LogP contribution < -0.4 is 10.1 Å². The van der Waals surface area contributed by atoms with Crippen LogP contribution >= 0.6 is 28.3 Å². The Labute approximate surface area is 137 Å². The molecule has 0 amide bonds. The molecule has 1 aromatic carbocycles. The first-order valence-corrected chi connectivity index (χ1v) is 7.66. The molecule has 0 unspecified atom stereocenters. The summed E-state index contributed by atoms with van der Waals surface area (Å²) >= 11 is 3.53. The van der Waals surface area contributed by atoms with Crippen molar-refractivity contribution in [2.75, 3.05) is 19.8 Å². The van der Waals surface area contributed by atoms with Crippen LogP contribution in [0.3, 0.4) is 0 Å². The Bertz CT molecular complexity index is 375. The van der Waals surface area contributed by atoms with E-state index in [1.54, 1.807) is 0 Å². The number of nitrogens with one attached hydrogen (secondary N) is 1. The van der Waals surface area contributed by atoms with E-state index in [0.717, 1.165) is 36.3 Å². The van der Waals surface area contributed by atoms with E-state index in [0.29, 0.717) is 12.7 Å². The van der Waals surface area contributed by atoms with Gasteiger partial charge in [0.05, 0.1) is 17.2 Å². The lowest BCUT2D eigenvalue weighted by atomic mass is 10.2. The molecular formula is C15H25BrClNO2. The van der Waals surface area contributed by atoms with Crippen LogP contribution in [0.15, 0.2) is 22.7 Å². The molecular weight excluding hydrogens is 342 g/mol. The third-order valence-corrected chi connectivity index (χ3v) is 3.19. The van der Waals surface area contributed by atoms with Crippen molar-refractivity contribution < 1.29 is 9.47 Å². The van der Waals surface area contributed by atoms with E-state index in [2.05, 4.69) is 47.2 Å². The van der Waals surface area contributed by atoms with Gasteiger partial charge < -0.3 is 14.8 Å². The predicted octanol–water partition coefficient (Wildman–Crippen LogP) is 4.17. The van der Waals surface area contributed by atoms with Crippen molar-refractivity contribution in [3.05, 3.63) is 28.2 Å². The molecule has 0 aliphatic carbocycles. The van der Waals surface area contributed by atoms with Gasteiger partial charge in [0, 0.05) is 13.2 Å². The Morgan fingerprint density at radius 1 is 1.30 bits per heavy atom. The summed E-state index contributed by atoms with van der Waals surface area (Å²) in [4.78, 5) is 0. The van der Waals surface area contributed by atoms with Gasteiger partial charge in [-0.2, -0.15) is 0 Å². The number of hydrogen-bond donors (Lipinski definition) is 1. The Kier molecular flexibility index (Phi) is 11.2. The molecule has 1 aromatic rings. The lowest BCUT2D eigenvalue weighted by molar-refractivity contribution is 0.0770. The number of rotatable bonds is 9. The van der Waals surface area contributed by atoms with Crippen LogP contribution in [0.1, 0.15) is 32.8 Å². The number of benzene rings is 1. The number of halogens is 2. The monoisotopic (exact) mass is 365 g/mol. The molecule has 0 bridgehead atoms. The van der Waals surface area contributed by atoms with Gasteiger partial charge in [0.2, 0.25) is 0 Å². The Morgan fingerprint density at radius 2 is 2.05 bits per heavy atom. The average molecular weight is 367 g/mol. The second kappa shape index (κ2) is 11.4. The molecule has 0 saturated heterocycles. The zero-order chi connectivity index (χ0) is 14.1. The zero-order valence-electron chi connectivity index (χ0n) is 12.4. The van der Waals surface area contributed by atoms with Crippen LogP contribution in [0.4, 0.5) is 0 Å². The second-order valence-corrected chi connectivity index (χ2v) is 5.50. The minimum absolute atomic E-state index is 0. The van der Waals surface area contributed by atoms with E-state index >= 15 is 0 Å². The van der Waals surface area contributed by atoms with Gasteiger partial charge >= 0.3 is 0 Å². The zero-order valence-corrected chi connectivity index (χ0v) is 14.9. The molecule has 116 valence electrons. The summed E-state index contributed by atoms with van der Waals surface area (Å²) in [7, 11) is 0. The molecule has 0 heterocycles. The van der Waals surface area contributed by atoms with Crippen molar-refractivity contribution >= 4 is 28.3 Å². The van der Waals surface area contributed by atoms with Gasteiger partial charge in [0.25, 0.3) is 0 Å². The van der Waals surface area contributed by atoms with Gasteiger partial charge in [-0.15, -0.1) is 12.4 Å². The van der Waals surface area contributed by atoms with E-state index in [9.17, 15) is 0 Å². The fourth-order valence-electron chi connectivity index (χ4n) is 1.68. The molecule has 0 aliphatic heterocycles. The summed E-state index contributed by atoms with van der Waals surface area (Å²) in [6.45, 7) is 9.45. The van der Waals surface area contributed by atoms with Crippen molar-refractivity contribution in [2.24, 2.45) is 0 Å². The summed E-state index contributed by atoms with van der Waals surface area (Å²) in [6, 6.07) is 6.20. The molecule has 0 fully saturated rings. The number of ether oxygens (including phenoxy) is 2. The SMILES string of the molecule is CCOc1ccc(CNCCCOC(C)C)cc1Br.Cl. The molecule has 0 saturated carbocycles. The van der Waals surface area contributed by atoms with Gasteiger partial charge in [0.15, 0.2) is 0 Å². The third kappa shape index (κ3) is 8.10. The lowest BCUT2D eigenvalue weighted by Gasteiger charge is -2.10. The van der Waals surface area contributed by atoms with Gasteiger partial charge in [-0.25, -0.2) is 0 Å². The van der Waals surface area contributed by atoms with Crippen LogP contribution in [0.2, 0.25) is 0 Å². The maximum absolute atomic E-state index is 5.49. The maximum atomic E-state index is 5.49. The first-order valence-electron chi connectivity index (χ1n) is 6.87. The van der Waals surface area contributed by atoms with Crippen molar-refractivity contribution in [1.29, 1.82) is 0 Å². The van der Waals surface area contributed by atoms with Crippen LogP contribution in [0, 0.1) is 0 Å². The van der Waals surface area contributed by atoms with Gasteiger partial charge in [-0.1, -0.05) is 6.07 Å². The van der Waals surface area contributed by atoms with Gasteiger partial charge in [-0.05, 0) is 67.4 Å². The smallest absolute Gasteiger partial charge is 0.133 e. The highest BCUT2D eigenvalue weighted by Crippen LogP contribution is 2.25. The van der Waals surface area contributed by atoms with E-state index in [4.69, 9.17) is 9.47 Å². The van der Waals surface area contributed by atoms with E-state index < -0.39 is 0 Å². The summed E-state index contributed by atoms with van der Waals surface area (Å²) in [5, 5.41) is 3.41. The molecule has 1 rings (SSSR count). The van der Waals surface area contributed by atoms with Crippen molar-refractivity contribution in [2.45, 2.75) is 39.8 Å². The quantitative estimate of drug-likeness (QED) is 0.665. The van der Waals surface area contributed by atoms with Crippen LogP contribution in [0.5, 0.6) is 5.75 Å². The highest BCUT2D eigenvalue weighted by molar-refractivity contribution is 9.10. The molecule has 0 aliphatic rings. The highest BCUT2D eigenvalue weighted by Gasteiger charge is 2.02. The van der Waals surface area contributed by atoms with E-state index in [-0.39, 0.29) is 12.4 Å². The van der Waals surface area contributed by atoms with Gasteiger partial charge in [0.1, 0.15) is 5.75 Å². The second-order valence-electron chi connectivity index (χ2n) is 4.65. The average Bonchev–Trinajstić information content (AvgIpc) is 2.36.